The fraction of sp³-hybridized carbons (Fsp3) is 0.389. The van der Waals surface area contributed by atoms with Crippen molar-refractivity contribution in [3.05, 3.63) is 29.8 Å². The molecule has 0 radical (unpaired) electrons. The smallest absolute Gasteiger partial charge is 0.321 e. The minimum atomic E-state index is -1.21. The summed E-state index contributed by atoms with van der Waals surface area (Å²) in [7, 11) is 0. The monoisotopic (exact) mass is 459 g/mol. The lowest BCUT2D eigenvalue weighted by Gasteiger charge is -2.05. The first kappa shape index (κ1) is 30.4. The molecule has 0 fully saturated rings. The lowest BCUT2D eigenvalue weighted by Crippen LogP contribution is -2.34. The molecule has 32 heavy (non-hydrogen) atoms. The van der Waals surface area contributed by atoms with Gasteiger partial charge < -0.3 is 49.1 Å². The molecular weight excluding hydrogens is 430 g/mol. The van der Waals surface area contributed by atoms with Gasteiger partial charge in [-0.05, 0) is 30.5 Å². The summed E-state index contributed by atoms with van der Waals surface area (Å²) in [6.07, 6.45) is 0.0864. The quantitative estimate of drug-likeness (QED) is 0.172. The maximum absolute atomic E-state index is 10.4. The summed E-state index contributed by atoms with van der Waals surface area (Å²) in [5.74, 6) is -4.42. The van der Waals surface area contributed by atoms with E-state index in [-0.39, 0.29) is 31.4 Å². The Balaban J connectivity index is 0. The van der Waals surface area contributed by atoms with Gasteiger partial charge in [-0.1, -0.05) is 12.1 Å². The number of rotatable bonds is 10. The second kappa shape index (κ2) is 16.0. The van der Waals surface area contributed by atoms with E-state index < -0.39 is 47.8 Å². The average molecular weight is 459 g/mol. The lowest BCUT2D eigenvalue weighted by molar-refractivity contribution is -0.140. The second-order valence-corrected chi connectivity index (χ2v) is 6.38. The highest BCUT2D eigenvalue weighted by Gasteiger charge is 2.13. The SMILES string of the molecule is NC(=O)CC[C@H](N)C(=O)O.NC(=O)C[C@H](N)C(=O)O.N[C@@H](Cc1ccc(O)cc1)C(=O)O. The molecule has 14 heteroatoms. The number of carbonyl (C=O) groups is 5. The fourth-order valence-electron chi connectivity index (χ4n) is 1.70. The number of hydrogen-bond acceptors (Lipinski definition) is 9. The summed E-state index contributed by atoms with van der Waals surface area (Å²) in [6, 6.07) is 3.28. The summed E-state index contributed by atoms with van der Waals surface area (Å²) in [5, 5.41) is 33.8. The number of benzene rings is 1. The number of carboxylic acid groups (broad SMARTS) is 3. The van der Waals surface area contributed by atoms with Crippen LogP contribution in [0.2, 0.25) is 0 Å². The van der Waals surface area contributed by atoms with E-state index >= 15 is 0 Å². The number of aliphatic carboxylic acids is 3. The zero-order chi connectivity index (χ0) is 25.4. The Morgan fingerprint density at radius 3 is 1.47 bits per heavy atom. The van der Waals surface area contributed by atoms with Crippen molar-refractivity contribution >= 4 is 29.7 Å². The second-order valence-electron chi connectivity index (χ2n) is 6.38. The summed E-state index contributed by atoms with van der Waals surface area (Å²) in [6.45, 7) is 0. The molecule has 1 rings (SSSR count). The maximum atomic E-state index is 10.4. The van der Waals surface area contributed by atoms with Crippen LogP contribution < -0.4 is 28.7 Å². The molecule has 180 valence electrons. The molecule has 3 atom stereocenters. The molecule has 0 heterocycles. The Kier molecular flexibility index (Phi) is 15.2. The summed E-state index contributed by atoms with van der Waals surface area (Å²) in [4.78, 5) is 50.4. The Labute approximate surface area is 183 Å². The van der Waals surface area contributed by atoms with Gasteiger partial charge in [0, 0.05) is 6.42 Å². The zero-order valence-corrected chi connectivity index (χ0v) is 17.1. The first-order valence-corrected chi connectivity index (χ1v) is 8.97. The van der Waals surface area contributed by atoms with E-state index in [2.05, 4.69) is 5.73 Å². The molecule has 14 N–H and O–H groups in total. The summed E-state index contributed by atoms with van der Waals surface area (Å²) in [5.41, 5.74) is 25.5. The number of phenolic OH excluding ortho intramolecular Hbond substituents is 1. The molecule has 0 saturated heterocycles. The fourth-order valence-corrected chi connectivity index (χ4v) is 1.70. The predicted molar refractivity (Wildman–Crippen MR) is 111 cm³/mol. The van der Waals surface area contributed by atoms with Crippen LogP contribution in [-0.2, 0) is 30.4 Å². The predicted octanol–water partition coefficient (Wildman–Crippen LogP) is -2.72. The lowest BCUT2D eigenvalue weighted by atomic mass is 10.1. The minimum Gasteiger partial charge on any atom is -0.508 e. The maximum Gasteiger partial charge on any atom is 0.321 e. The van der Waals surface area contributed by atoms with Crippen LogP contribution in [0.3, 0.4) is 0 Å². The van der Waals surface area contributed by atoms with Gasteiger partial charge in [0.15, 0.2) is 0 Å². The zero-order valence-electron chi connectivity index (χ0n) is 17.1. The number of carbonyl (C=O) groups excluding carboxylic acids is 2. The summed E-state index contributed by atoms with van der Waals surface area (Å²) >= 11 is 0. The molecule has 0 bridgehead atoms. The van der Waals surface area contributed by atoms with Crippen LogP contribution in [0.25, 0.3) is 0 Å². The number of hydrogen-bond donors (Lipinski definition) is 9. The Morgan fingerprint density at radius 2 is 1.16 bits per heavy atom. The van der Waals surface area contributed by atoms with Crippen molar-refractivity contribution in [1.29, 1.82) is 0 Å². The van der Waals surface area contributed by atoms with Crippen molar-refractivity contribution in [2.24, 2.45) is 28.7 Å². The van der Waals surface area contributed by atoms with Gasteiger partial charge in [0.1, 0.15) is 23.9 Å². The molecule has 0 spiro atoms. The van der Waals surface area contributed by atoms with Gasteiger partial charge >= 0.3 is 17.9 Å². The minimum absolute atomic E-state index is 0.0213. The molecule has 0 saturated carbocycles. The molecule has 0 aliphatic carbocycles. The molecule has 0 aliphatic rings. The van der Waals surface area contributed by atoms with Crippen molar-refractivity contribution < 1.29 is 44.4 Å². The van der Waals surface area contributed by atoms with Crippen molar-refractivity contribution in [1.82, 2.24) is 0 Å². The highest BCUT2D eigenvalue weighted by atomic mass is 16.4. The Morgan fingerprint density at radius 1 is 0.719 bits per heavy atom. The van der Waals surface area contributed by atoms with Gasteiger partial charge in [0.2, 0.25) is 11.8 Å². The first-order valence-electron chi connectivity index (χ1n) is 8.97. The standard InChI is InChI=1S/C9H11NO3.C5H10N2O3.C4H8N2O3/c10-8(9(12)13)5-6-1-3-7(11)4-2-6;6-3(5(9)10)1-2-4(7)8;5-2(4(8)9)1-3(6)7/h1-4,8,11H,5,10H2,(H,12,13);3H,1-2,6H2,(H2,7,8)(H,9,10);2H,1,5H2,(H2,6,7)(H,8,9)/t8-;3-;2-/m000/s1. The number of carboxylic acids is 3. The van der Waals surface area contributed by atoms with Gasteiger partial charge in [-0.15, -0.1) is 0 Å². The average Bonchev–Trinajstić information content (AvgIpc) is 2.68. The number of amides is 2. The summed E-state index contributed by atoms with van der Waals surface area (Å²) < 4.78 is 0. The first-order chi connectivity index (χ1) is 14.7. The molecule has 0 unspecified atom stereocenters. The van der Waals surface area contributed by atoms with Gasteiger partial charge in [-0.3, -0.25) is 24.0 Å². The van der Waals surface area contributed by atoms with E-state index in [1.165, 1.54) is 12.1 Å². The van der Waals surface area contributed by atoms with E-state index in [1.807, 2.05) is 0 Å². The Hall–Kier alpha value is -3.75. The molecule has 2 amide bonds. The topological polar surface area (TPSA) is 296 Å². The van der Waals surface area contributed by atoms with E-state index in [9.17, 15) is 24.0 Å². The largest absolute Gasteiger partial charge is 0.508 e. The van der Waals surface area contributed by atoms with Crippen LogP contribution in [0.15, 0.2) is 24.3 Å². The van der Waals surface area contributed by atoms with Gasteiger partial charge in [0.25, 0.3) is 0 Å². The van der Waals surface area contributed by atoms with Crippen molar-refractivity contribution in [3.8, 4) is 5.75 Å². The van der Waals surface area contributed by atoms with E-state index in [1.54, 1.807) is 12.1 Å². The third-order valence-electron chi connectivity index (χ3n) is 3.47. The molecule has 14 nitrogen and oxygen atoms in total. The van der Waals surface area contributed by atoms with E-state index in [0.717, 1.165) is 5.56 Å². The van der Waals surface area contributed by atoms with E-state index in [0.29, 0.717) is 0 Å². The van der Waals surface area contributed by atoms with Crippen LogP contribution in [0.5, 0.6) is 5.75 Å². The van der Waals surface area contributed by atoms with Crippen molar-refractivity contribution in [2.75, 3.05) is 0 Å². The molecule has 0 aromatic heterocycles. The van der Waals surface area contributed by atoms with Crippen molar-refractivity contribution in [3.63, 3.8) is 0 Å². The van der Waals surface area contributed by atoms with Gasteiger partial charge in [-0.25, -0.2) is 0 Å². The van der Waals surface area contributed by atoms with Crippen LogP contribution in [0.1, 0.15) is 24.8 Å². The number of primary amides is 2. The highest BCUT2D eigenvalue weighted by Crippen LogP contribution is 2.10. The number of phenols is 1. The van der Waals surface area contributed by atoms with Gasteiger partial charge in [0.05, 0.1) is 6.42 Å². The highest BCUT2D eigenvalue weighted by molar-refractivity contribution is 5.83. The molecular formula is C18H29N5O9. The molecule has 1 aromatic carbocycles. The van der Waals surface area contributed by atoms with Crippen LogP contribution >= 0.6 is 0 Å². The number of aromatic hydroxyl groups is 1. The molecule has 1 aromatic rings. The van der Waals surface area contributed by atoms with Crippen LogP contribution in [0.4, 0.5) is 0 Å². The van der Waals surface area contributed by atoms with E-state index in [4.69, 9.17) is 43.4 Å². The third kappa shape index (κ3) is 17.1. The number of nitrogens with two attached hydrogens (primary N) is 5. The third-order valence-corrected chi connectivity index (χ3v) is 3.47. The van der Waals surface area contributed by atoms with Crippen LogP contribution in [-0.4, -0.2) is 68.3 Å². The normalized spacial score (nSPS) is 12.5. The molecule has 0 aliphatic heterocycles. The van der Waals surface area contributed by atoms with Gasteiger partial charge in [-0.2, -0.15) is 0 Å². The Bertz CT molecular complexity index is 771. The van der Waals surface area contributed by atoms with Crippen molar-refractivity contribution in [2.45, 2.75) is 43.8 Å². The van der Waals surface area contributed by atoms with Crippen LogP contribution in [0, 0.1) is 0 Å².